The highest BCUT2D eigenvalue weighted by Crippen LogP contribution is 2.29. The quantitative estimate of drug-likeness (QED) is 0.670. The molecular weight excluding hydrogens is 398 g/mol. The van der Waals surface area contributed by atoms with E-state index in [9.17, 15) is 18.0 Å². The van der Waals surface area contributed by atoms with Gasteiger partial charge in [0.05, 0.1) is 13.7 Å². The second kappa shape index (κ2) is 9.36. The molecule has 11 heteroatoms. The van der Waals surface area contributed by atoms with Crippen LogP contribution in [0.1, 0.15) is 12.8 Å². The van der Waals surface area contributed by atoms with Gasteiger partial charge in [-0.15, -0.1) is 12.4 Å². The summed E-state index contributed by atoms with van der Waals surface area (Å²) in [4.78, 5) is 25.0. The Morgan fingerprint density at radius 1 is 1.37 bits per heavy atom. The van der Waals surface area contributed by atoms with Gasteiger partial charge >= 0.3 is 5.97 Å². The molecule has 2 N–H and O–H groups in total. The smallest absolute Gasteiger partial charge is 0.320 e. The molecule has 1 aliphatic heterocycles. The number of hydrogen-bond acceptors (Lipinski definition) is 6. The number of anilines is 1. The lowest BCUT2D eigenvalue weighted by atomic mass is 10.2. The summed E-state index contributed by atoms with van der Waals surface area (Å²) in [7, 11) is 0.416. The number of aliphatic carboxylic acids is 1. The number of carboxylic acid groups (broad SMARTS) is 1. The molecule has 152 valence electrons. The van der Waals surface area contributed by atoms with Gasteiger partial charge in [-0.1, -0.05) is 0 Å². The highest BCUT2D eigenvalue weighted by molar-refractivity contribution is 7.89. The van der Waals surface area contributed by atoms with Gasteiger partial charge in [0.1, 0.15) is 16.7 Å². The first-order valence-corrected chi connectivity index (χ1v) is 9.48. The Bertz CT molecular complexity index is 799. The van der Waals surface area contributed by atoms with Crippen molar-refractivity contribution in [2.24, 2.45) is 0 Å². The monoisotopic (exact) mass is 421 g/mol. The Labute approximate surface area is 164 Å². The van der Waals surface area contributed by atoms with Crippen molar-refractivity contribution >= 4 is 40.0 Å². The molecule has 1 amide bonds. The molecule has 0 aromatic heterocycles. The van der Waals surface area contributed by atoms with E-state index in [-0.39, 0.29) is 29.6 Å². The number of amides is 1. The number of ether oxygens (including phenoxy) is 1. The minimum absolute atomic E-state index is 0. The van der Waals surface area contributed by atoms with Crippen LogP contribution < -0.4 is 10.1 Å². The van der Waals surface area contributed by atoms with E-state index in [1.165, 1.54) is 39.4 Å². The van der Waals surface area contributed by atoms with Crippen LogP contribution in [0.2, 0.25) is 0 Å². The van der Waals surface area contributed by atoms with Crippen LogP contribution in [0.4, 0.5) is 5.69 Å². The van der Waals surface area contributed by atoms with Crippen molar-refractivity contribution in [2.45, 2.75) is 23.8 Å². The third-order valence-electron chi connectivity index (χ3n) is 4.20. The first-order valence-electron chi connectivity index (χ1n) is 8.04. The molecule has 0 spiro atoms. The molecule has 9 nitrogen and oxygen atoms in total. The van der Waals surface area contributed by atoms with E-state index in [2.05, 4.69) is 5.32 Å². The van der Waals surface area contributed by atoms with Crippen molar-refractivity contribution < 1.29 is 27.9 Å². The number of carbonyl (C=O) groups is 2. The van der Waals surface area contributed by atoms with Gasteiger partial charge in [0.25, 0.3) is 0 Å². The van der Waals surface area contributed by atoms with Crippen LogP contribution >= 0.6 is 12.4 Å². The number of benzene rings is 1. The fourth-order valence-electron chi connectivity index (χ4n) is 2.83. The van der Waals surface area contributed by atoms with Crippen molar-refractivity contribution in [1.82, 2.24) is 9.21 Å². The van der Waals surface area contributed by atoms with Crippen molar-refractivity contribution in [3.05, 3.63) is 18.2 Å². The molecule has 1 aliphatic rings. The SMILES string of the molecule is COc1ccc(NC(=O)CN2CCCC2C(=O)O)cc1S(=O)(=O)N(C)C.Cl. The molecule has 27 heavy (non-hydrogen) atoms. The summed E-state index contributed by atoms with van der Waals surface area (Å²) in [6.07, 6.45) is 1.23. The number of likely N-dealkylation sites (tertiary alicyclic amines) is 1. The summed E-state index contributed by atoms with van der Waals surface area (Å²) in [6, 6.07) is 3.65. The Balaban J connectivity index is 0.00000364. The van der Waals surface area contributed by atoms with Crippen molar-refractivity contribution in [2.75, 3.05) is 39.6 Å². The standard InChI is InChI=1S/C16H23N3O6S.ClH/c1-18(2)26(23,24)14-9-11(6-7-13(14)25-3)17-15(20)10-19-8-4-5-12(19)16(21)22;/h6-7,9,12H,4-5,8,10H2,1-3H3,(H,17,20)(H,21,22);1H. The first-order chi connectivity index (χ1) is 12.2. The summed E-state index contributed by atoms with van der Waals surface area (Å²) in [5.74, 6) is -1.18. The molecule has 2 rings (SSSR count). The summed E-state index contributed by atoms with van der Waals surface area (Å²) in [6.45, 7) is 0.464. The highest BCUT2D eigenvalue weighted by Gasteiger charge is 2.31. The van der Waals surface area contributed by atoms with E-state index in [4.69, 9.17) is 9.84 Å². The molecule has 1 aromatic rings. The maximum absolute atomic E-state index is 12.4. The van der Waals surface area contributed by atoms with E-state index in [0.717, 1.165) is 10.7 Å². The van der Waals surface area contributed by atoms with Gasteiger partial charge in [-0.25, -0.2) is 12.7 Å². The average molecular weight is 422 g/mol. The number of carbonyl (C=O) groups excluding carboxylic acids is 1. The van der Waals surface area contributed by atoms with E-state index in [0.29, 0.717) is 18.7 Å². The average Bonchev–Trinajstić information content (AvgIpc) is 3.02. The molecule has 1 atom stereocenters. The molecular formula is C16H24ClN3O6S. The molecule has 1 aromatic carbocycles. The van der Waals surface area contributed by atoms with Gasteiger partial charge in [-0.2, -0.15) is 0 Å². The lowest BCUT2D eigenvalue weighted by molar-refractivity contribution is -0.142. The number of hydrogen-bond donors (Lipinski definition) is 2. The Hall–Kier alpha value is -1.88. The lowest BCUT2D eigenvalue weighted by Gasteiger charge is -2.20. The first kappa shape index (κ1) is 23.2. The van der Waals surface area contributed by atoms with Crippen molar-refractivity contribution in [1.29, 1.82) is 0 Å². The van der Waals surface area contributed by atoms with Crippen molar-refractivity contribution in [3.63, 3.8) is 0 Å². The van der Waals surface area contributed by atoms with Crippen LogP contribution in [-0.4, -0.2) is 74.9 Å². The van der Waals surface area contributed by atoms with E-state index in [1.807, 2.05) is 0 Å². The largest absolute Gasteiger partial charge is 0.495 e. The fourth-order valence-corrected chi connectivity index (χ4v) is 3.91. The van der Waals surface area contributed by atoms with Gasteiger partial charge in [-0.05, 0) is 37.6 Å². The van der Waals surface area contributed by atoms with Gasteiger partial charge in [0, 0.05) is 19.8 Å². The van der Waals surface area contributed by atoms with Gasteiger partial charge in [-0.3, -0.25) is 14.5 Å². The highest BCUT2D eigenvalue weighted by atomic mass is 35.5. The predicted octanol–water partition coefficient (Wildman–Crippen LogP) is 0.855. The van der Waals surface area contributed by atoms with Crippen LogP contribution in [0.25, 0.3) is 0 Å². The summed E-state index contributed by atoms with van der Waals surface area (Å²) in [5.41, 5.74) is 0.294. The van der Waals surface area contributed by atoms with Crippen molar-refractivity contribution in [3.8, 4) is 5.75 Å². The maximum atomic E-state index is 12.4. The second-order valence-corrected chi connectivity index (χ2v) is 8.29. The molecule has 1 fully saturated rings. The predicted molar refractivity (Wildman–Crippen MR) is 102 cm³/mol. The topological polar surface area (TPSA) is 116 Å². The fraction of sp³-hybridized carbons (Fsp3) is 0.500. The van der Waals surface area contributed by atoms with Gasteiger partial charge < -0.3 is 15.2 Å². The van der Waals surface area contributed by atoms with Crippen LogP contribution in [0, 0.1) is 0 Å². The van der Waals surface area contributed by atoms with Crippen LogP contribution in [0.5, 0.6) is 5.75 Å². The maximum Gasteiger partial charge on any atom is 0.320 e. The van der Waals surface area contributed by atoms with Crippen LogP contribution in [0.15, 0.2) is 23.1 Å². The Morgan fingerprint density at radius 3 is 2.59 bits per heavy atom. The zero-order valence-corrected chi connectivity index (χ0v) is 17.0. The Kier molecular flexibility index (Phi) is 8.03. The van der Waals surface area contributed by atoms with Gasteiger partial charge in [0.2, 0.25) is 15.9 Å². The number of methoxy groups -OCH3 is 1. The molecule has 1 unspecified atom stereocenters. The molecule has 0 radical (unpaired) electrons. The number of rotatable bonds is 7. The number of sulfonamides is 1. The van der Waals surface area contributed by atoms with E-state index < -0.39 is 27.9 Å². The number of halogens is 1. The summed E-state index contributed by atoms with van der Waals surface area (Å²) < 4.78 is 31.0. The summed E-state index contributed by atoms with van der Waals surface area (Å²) in [5, 5.41) is 11.8. The van der Waals surface area contributed by atoms with Gasteiger partial charge in [0.15, 0.2) is 0 Å². The molecule has 0 saturated carbocycles. The molecule has 1 heterocycles. The Morgan fingerprint density at radius 2 is 2.04 bits per heavy atom. The third-order valence-corrected chi connectivity index (χ3v) is 6.04. The summed E-state index contributed by atoms with van der Waals surface area (Å²) >= 11 is 0. The number of nitrogens with zero attached hydrogens (tertiary/aromatic N) is 2. The van der Waals surface area contributed by atoms with E-state index >= 15 is 0 Å². The molecule has 0 bridgehead atoms. The molecule has 0 aliphatic carbocycles. The normalized spacial score (nSPS) is 17.4. The van der Waals surface area contributed by atoms with E-state index in [1.54, 1.807) is 4.90 Å². The second-order valence-electron chi connectivity index (χ2n) is 6.17. The zero-order chi connectivity index (χ0) is 19.5. The molecule has 1 saturated heterocycles. The zero-order valence-electron chi connectivity index (χ0n) is 15.3. The van der Waals surface area contributed by atoms with Crippen LogP contribution in [0.3, 0.4) is 0 Å². The number of nitrogens with one attached hydrogen (secondary N) is 1. The lowest BCUT2D eigenvalue weighted by Crippen LogP contribution is -2.40. The third kappa shape index (κ3) is 5.32. The van der Waals surface area contributed by atoms with Crippen LogP contribution in [-0.2, 0) is 19.6 Å². The minimum Gasteiger partial charge on any atom is -0.495 e. The number of carboxylic acids is 1. The minimum atomic E-state index is -3.75.